The maximum atomic E-state index is 12.3. The van der Waals surface area contributed by atoms with E-state index in [1.807, 2.05) is 4.90 Å². The van der Waals surface area contributed by atoms with Gasteiger partial charge in [-0.25, -0.2) is 9.59 Å². The van der Waals surface area contributed by atoms with Crippen LogP contribution in [0.2, 0.25) is 0 Å². The van der Waals surface area contributed by atoms with Crippen molar-refractivity contribution < 1.29 is 9.59 Å². The summed E-state index contributed by atoms with van der Waals surface area (Å²) in [6.07, 6.45) is 2.79. The van der Waals surface area contributed by atoms with Crippen molar-refractivity contribution in [1.29, 1.82) is 0 Å². The number of urea groups is 1. The van der Waals surface area contributed by atoms with E-state index in [0.717, 1.165) is 12.8 Å². The molecule has 3 amide bonds. The molecule has 2 saturated heterocycles. The van der Waals surface area contributed by atoms with Gasteiger partial charge < -0.3 is 15.1 Å². The molecule has 0 aromatic carbocycles. The van der Waals surface area contributed by atoms with Crippen LogP contribution in [0.25, 0.3) is 0 Å². The van der Waals surface area contributed by atoms with E-state index >= 15 is 0 Å². The molecule has 0 spiro atoms. The third kappa shape index (κ3) is 3.27. The standard InChI is InChI=1S/C14H19N5O4/c20-11-3-7-18(14(23)16-11)9-12(21)17-5-1-10(2-6-17)19-8-4-15-13(19)22/h3,7,10H,1-2,4-6,8-9H2,(H,15,22)(H,16,20,23). The lowest BCUT2D eigenvalue weighted by atomic mass is 10.0. The smallest absolute Gasteiger partial charge is 0.328 e. The van der Waals surface area contributed by atoms with Crippen LogP contribution in [-0.2, 0) is 11.3 Å². The molecular weight excluding hydrogens is 302 g/mol. The predicted molar refractivity (Wildman–Crippen MR) is 81.0 cm³/mol. The number of hydrogen-bond donors (Lipinski definition) is 2. The van der Waals surface area contributed by atoms with Crippen molar-refractivity contribution in [3.63, 3.8) is 0 Å². The van der Waals surface area contributed by atoms with E-state index in [9.17, 15) is 19.2 Å². The van der Waals surface area contributed by atoms with E-state index in [0.29, 0.717) is 26.2 Å². The van der Waals surface area contributed by atoms with E-state index < -0.39 is 11.2 Å². The first kappa shape index (κ1) is 15.3. The van der Waals surface area contributed by atoms with E-state index in [1.54, 1.807) is 4.90 Å². The minimum Gasteiger partial charge on any atom is -0.341 e. The first-order valence-corrected chi connectivity index (χ1v) is 7.66. The summed E-state index contributed by atoms with van der Waals surface area (Å²) in [4.78, 5) is 52.2. The monoisotopic (exact) mass is 321 g/mol. The van der Waals surface area contributed by atoms with Crippen LogP contribution < -0.4 is 16.6 Å². The van der Waals surface area contributed by atoms with Gasteiger partial charge in [-0.05, 0) is 12.8 Å². The van der Waals surface area contributed by atoms with Crippen LogP contribution in [0.5, 0.6) is 0 Å². The van der Waals surface area contributed by atoms with Gasteiger partial charge in [-0.3, -0.25) is 19.1 Å². The van der Waals surface area contributed by atoms with Gasteiger partial charge in [0, 0.05) is 44.5 Å². The highest BCUT2D eigenvalue weighted by Crippen LogP contribution is 2.18. The summed E-state index contributed by atoms with van der Waals surface area (Å²) in [6, 6.07) is 1.35. The summed E-state index contributed by atoms with van der Waals surface area (Å²) in [6.45, 7) is 2.42. The highest BCUT2D eigenvalue weighted by molar-refractivity contribution is 5.77. The molecule has 3 rings (SSSR count). The number of carbonyl (C=O) groups excluding carboxylic acids is 2. The quantitative estimate of drug-likeness (QED) is 0.710. The third-order valence-electron chi connectivity index (χ3n) is 4.35. The minimum absolute atomic E-state index is 0.0328. The number of piperidine rings is 1. The van der Waals surface area contributed by atoms with Gasteiger partial charge in [0.05, 0.1) is 0 Å². The molecule has 2 aliphatic heterocycles. The van der Waals surface area contributed by atoms with Crippen LogP contribution in [0.15, 0.2) is 21.9 Å². The second-order valence-electron chi connectivity index (χ2n) is 5.78. The fraction of sp³-hybridized carbons (Fsp3) is 0.571. The van der Waals surface area contributed by atoms with Crippen LogP contribution in [0.3, 0.4) is 0 Å². The molecular formula is C14H19N5O4. The largest absolute Gasteiger partial charge is 0.341 e. The molecule has 0 bridgehead atoms. The summed E-state index contributed by atoms with van der Waals surface area (Å²) in [5, 5.41) is 2.78. The molecule has 0 atom stereocenters. The summed E-state index contributed by atoms with van der Waals surface area (Å²) in [5.74, 6) is -0.163. The molecule has 0 radical (unpaired) electrons. The fourth-order valence-electron chi connectivity index (χ4n) is 3.08. The molecule has 9 nitrogen and oxygen atoms in total. The van der Waals surface area contributed by atoms with Crippen molar-refractivity contribution in [3.8, 4) is 0 Å². The predicted octanol–water partition coefficient (Wildman–Crippen LogP) is -1.45. The van der Waals surface area contributed by atoms with Crippen molar-refractivity contribution in [2.75, 3.05) is 26.2 Å². The molecule has 0 unspecified atom stereocenters. The molecule has 2 fully saturated rings. The van der Waals surface area contributed by atoms with Crippen molar-refractivity contribution in [1.82, 2.24) is 24.7 Å². The van der Waals surface area contributed by atoms with Crippen molar-refractivity contribution in [2.24, 2.45) is 0 Å². The zero-order valence-corrected chi connectivity index (χ0v) is 12.7. The molecule has 0 aliphatic carbocycles. The number of rotatable bonds is 3. The number of nitrogens with one attached hydrogen (secondary N) is 2. The van der Waals surface area contributed by atoms with Gasteiger partial charge in [0.15, 0.2) is 0 Å². The van der Waals surface area contributed by atoms with Crippen molar-refractivity contribution in [3.05, 3.63) is 33.1 Å². The first-order chi connectivity index (χ1) is 11.0. The normalized spacial score (nSPS) is 19.0. The number of carbonyl (C=O) groups is 2. The van der Waals surface area contributed by atoms with E-state index in [2.05, 4.69) is 10.3 Å². The molecule has 9 heteroatoms. The zero-order valence-electron chi connectivity index (χ0n) is 12.7. The SMILES string of the molecule is O=C(Cn1ccc(=O)[nH]c1=O)N1CCC(N2CCNC2=O)CC1. The van der Waals surface area contributed by atoms with Crippen LogP contribution in [-0.4, -0.2) is 63.5 Å². The Bertz CT molecular complexity index is 716. The minimum atomic E-state index is -0.588. The second-order valence-corrected chi connectivity index (χ2v) is 5.78. The van der Waals surface area contributed by atoms with Crippen LogP contribution in [0.1, 0.15) is 12.8 Å². The lowest BCUT2D eigenvalue weighted by molar-refractivity contribution is -0.133. The Morgan fingerprint density at radius 3 is 2.52 bits per heavy atom. The Balaban J connectivity index is 1.57. The van der Waals surface area contributed by atoms with Gasteiger partial charge in [-0.2, -0.15) is 0 Å². The summed E-state index contributed by atoms with van der Waals surface area (Å²) < 4.78 is 1.18. The van der Waals surface area contributed by atoms with E-state index in [-0.39, 0.29) is 24.5 Å². The molecule has 3 heterocycles. The average Bonchev–Trinajstić information content (AvgIpc) is 2.96. The van der Waals surface area contributed by atoms with Gasteiger partial charge in [-0.1, -0.05) is 0 Å². The fourth-order valence-corrected chi connectivity index (χ4v) is 3.08. The maximum absolute atomic E-state index is 12.3. The number of likely N-dealkylation sites (tertiary alicyclic amines) is 1. The number of amides is 3. The molecule has 2 aliphatic rings. The summed E-state index contributed by atoms with van der Waals surface area (Å²) >= 11 is 0. The van der Waals surface area contributed by atoms with Crippen LogP contribution in [0.4, 0.5) is 4.79 Å². The third-order valence-corrected chi connectivity index (χ3v) is 4.35. The lowest BCUT2D eigenvalue weighted by Crippen LogP contribution is -2.48. The first-order valence-electron chi connectivity index (χ1n) is 7.66. The molecule has 1 aromatic rings. The van der Waals surface area contributed by atoms with E-state index in [1.165, 1.54) is 16.8 Å². The zero-order chi connectivity index (χ0) is 16.4. The van der Waals surface area contributed by atoms with Crippen molar-refractivity contribution in [2.45, 2.75) is 25.4 Å². The van der Waals surface area contributed by atoms with E-state index in [4.69, 9.17) is 0 Å². The highest BCUT2D eigenvalue weighted by atomic mass is 16.2. The van der Waals surface area contributed by atoms with Gasteiger partial charge in [-0.15, -0.1) is 0 Å². The van der Waals surface area contributed by atoms with Gasteiger partial charge in [0.2, 0.25) is 5.91 Å². The summed E-state index contributed by atoms with van der Waals surface area (Å²) in [5.41, 5.74) is -1.07. The van der Waals surface area contributed by atoms with Gasteiger partial charge in [0.1, 0.15) is 6.54 Å². The highest BCUT2D eigenvalue weighted by Gasteiger charge is 2.31. The number of aromatic nitrogens is 2. The summed E-state index contributed by atoms with van der Waals surface area (Å²) in [7, 11) is 0. The molecule has 2 N–H and O–H groups in total. The number of H-pyrrole nitrogens is 1. The van der Waals surface area contributed by atoms with Crippen LogP contribution >= 0.6 is 0 Å². The van der Waals surface area contributed by atoms with Gasteiger partial charge in [0.25, 0.3) is 5.56 Å². The average molecular weight is 321 g/mol. The second kappa shape index (κ2) is 6.27. The molecule has 23 heavy (non-hydrogen) atoms. The Labute approximate surface area is 131 Å². The number of aromatic amines is 1. The van der Waals surface area contributed by atoms with Crippen LogP contribution in [0, 0.1) is 0 Å². The molecule has 0 saturated carbocycles. The number of hydrogen-bond acceptors (Lipinski definition) is 4. The Hall–Kier alpha value is -2.58. The Morgan fingerprint density at radius 1 is 1.17 bits per heavy atom. The maximum Gasteiger partial charge on any atom is 0.328 e. The van der Waals surface area contributed by atoms with Gasteiger partial charge >= 0.3 is 11.7 Å². The Kier molecular flexibility index (Phi) is 4.18. The molecule has 124 valence electrons. The number of nitrogens with zero attached hydrogens (tertiary/aromatic N) is 3. The topological polar surface area (TPSA) is 108 Å². The lowest BCUT2D eigenvalue weighted by Gasteiger charge is -2.36. The molecule has 1 aromatic heterocycles. The van der Waals surface area contributed by atoms with Crippen molar-refractivity contribution >= 4 is 11.9 Å². The Morgan fingerprint density at radius 2 is 1.91 bits per heavy atom.